The number of thiazole rings is 1. The minimum absolute atomic E-state index is 0.110. The number of ether oxygens (including phenoxy) is 2. The van der Waals surface area contributed by atoms with Crippen molar-refractivity contribution in [2.45, 2.75) is 43.7 Å². The van der Waals surface area contributed by atoms with Gasteiger partial charge in [-0.25, -0.2) is 14.4 Å². The summed E-state index contributed by atoms with van der Waals surface area (Å²) in [5.74, 6) is 0.726. The van der Waals surface area contributed by atoms with Crippen LogP contribution in [-0.2, 0) is 4.74 Å². The van der Waals surface area contributed by atoms with Gasteiger partial charge in [-0.3, -0.25) is 4.98 Å². The lowest BCUT2D eigenvalue weighted by atomic mass is 9.89. The van der Waals surface area contributed by atoms with Crippen molar-refractivity contribution in [3.63, 3.8) is 0 Å². The molecule has 2 aromatic heterocycles. The van der Waals surface area contributed by atoms with Crippen molar-refractivity contribution in [1.29, 1.82) is 0 Å². The number of hydrogen-bond donors (Lipinski definition) is 1. The summed E-state index contributed by atoms with van der Waals surface area (Å²) in [6.45, 7) is 1.53. The Labute approximate surface area is 166 Å². The topological polar surface area (TPSA) is 69.2 Å². The highest BCUT2D eigenvalue weighted by Gasteiger charge is 2.33. The first kappa shape index (κ1) is 17.8. The van der Waals surface area contributed by atoms with Crippen LogP contribution in [0, 0.1) is 5.82 Å². The van der Waals surface area contributed by atoms with Crippen LogP contribution in [-0.4, -0.2) is 40.3 Å². The van der Waals surface area contributed by atoms with E-state index in [2.05, 4.69) is 20.3 Å². The molecule has 1 saturated heterocycles. The molecule has 0 amide bonds. The maximum atomic E-state index is 13.8. The van der Waals surface area contributed by atoms with E-state index in [0.29, 0.717) is 17.3 Å². The van der Waals surface area contributed by atoms with Crippen LogP contribution in [0.25, 0.3) is 10.2 Å². The fraction of sp³-hybridized carbons (Fsp3) is 0.450. The maximum Gasteiger partial charge on any atom is 0.236 e. The Kier molecular flexibility index (Phi) is 4.82. The maximum absolute atomic E-state index is 13.8. The summed E-state index contributed by atoms with van der Waals surface area (Å²) in [6.07, 6.45) is 7.16. The van der Waals surface area contributed by atoms with Gasteiger partial charge in [0, 0.05) is 50.4 Å². The van der Waals surface area contributed by atoms with Crippen LogP contribution in [0.4, 0.5) is 9.52 Å². The Hall–Kier alpha value is -2.32. The molecule has 0 spiro atoms. The minimum atomic E-state index is -0.278. The van der Waals surface area contributed by atoms with E-state index in [1.165, 1.54) is 17.4 Å². The van der Waals surface area contributed by atoms with Crippen molar-refractivity contribution in [3.05, 3.63) is 42.1 Å². The molecule has 8 heteroatoms. The van der Waals surface area contributed by atoms with Crippen molar-refractivity contribution in [2.75, 3.05) is 18.5 Å². The lowest BCUT2D eigenvalue weighted by Gasteiger charge is -2.36. The molecule has 2 aliphatic rings. The first-order valence-electron chi connectivity index (χ1n) is 9.63. The number of benzene rings is 1. The number of anilines is 1. The molecule has 146 valence electrons. The van der Waals surface area contributed by atoms with Gasteiger partial charge >= 0.3 is 0 Å². The molecule has 1 aliphatic heterocycles. The quantitative estimate of drug-likeness (QED) is 0.694. The molecule has 3 heterocycles. The molecule has 1 aromatic carbocycles. The normalized spacial score (nSPS) is 22.8. The van der Waals surface area contributed by atoms with Crippen molar-refractivity contribution >= 4 is 26.7 Å². The lowest BCUT2D eigenvalue weighted by Crippen LogP contribution is -2.42. The summed E-state index contributed by atoms with van der Waals surface area (Å²) in [7, 11) is 0. The van der Waals surface area contributed by atoms with Crippen molar-refractivity contribution in [1.82, 2.24) is 15.0 Å². The summed E-state index contributed by atoms with van der Waals surface area (Å²) >= 11 is 1.48. The molecule has 1 saturated carbocycles. The molecule has 1 N–H and O–H groups in total. The average molecular weight is 400 g/mol. The number of aromatic nitrogens is 3. The zero-order valence-electron chi connectivity index (χ0n) is 15.3. The predicted octanol–water partition coefficient (Wildman–Crippen LogP) is 4.14. The summed E-state index contributed by atoms with van der Waals surface area (Å²) in [5, 5.41) is 4.15. The van der Waals surface area contributed by atoms with Gasteiger partial charge in [0.25, 0.3) is 0 Å². The zero-order valence-corrected chi connectivity index (χ0v) is 16.1. The highest BCUT2D eigenvalue weighted by molar-refractivity contribution is 7.22. The minimum Gasteiger partial charge on any atom is -0.473 e. The molecule has 2 fully saturated rings. The largest absolute Gasteiger partial charge is 0.473 e. The van der Waals surface area contributed by atoms with E-state index in [1.54, 1.807) is 18.5 Å². The van der Waals surface area contributed by atoms with Gasteiger partial charge in [-0.05, 0) is 25.0 Å². The first-order chi connectivity index (χ1) is 13.8. The van der Waals surface area contributed by atoms with E-state index in [4.69, 9.17) is 9.47 Å². The summed E-state index contributed by atoms with van der Waals surface area (Å²) in [5.41, 5.74) is 1.38. The fourth-order valence-corrected chi connectivity index (χ4v) is 4.72. The van der Waals surface area contributed by atoms with Gasteiger partial charge in [-0.1, -0.05) is 17.4 Å². The molecule has 0 unspecified atom stereocenters. The van der Waals surface area contributed by atoms with Crippen molar-refractivity contribution in [2.24, 2.45) is 0 Å². The molecular weight excluding hydrogens is 379 g/mol. The van der Waals surface area contributed by atoms with Crippen molar-refractivity contribution < 1.29 is 13.9 Å². The third kappa shape index (κ3) is 3.54. The monoisotopic (exact) mass is 400 g/mol. The Bertz CT molecular complexity index is 970. The molecule has 0 bridgehead atoms. The Morgan fingerprint density at radius 2 is 1.96 bits per heavy atom. The van der Waals surface area contributed by atoms with Crippen LogP contribution in [0.5, 0.6) is 5.88 Å². The third-order valence-electron chi connectivity index (χ3n) is 5.37. The van der Waals surface area contributed by atoms with Gasteiger partial charge in [0.1, 0.15) is 23.1 Å². The number of fused-ring (bicyclic) bond motifs is 1. The van der Waals surface area contributed by atoms with Crippen LogP contribution in [0.3, 0.4) is 0 Å². The molecule has 3 aromatic rings. The second kappa shape index (κ2) is 7.60. The molecule has 5 rings (SSSR count). The Morgan fingerprint density at radius 3 is 2.79 bits per heavy atom. The van der Waals surface area contributed by atoms with E-state index in [1.807, 2.05) is 6.07 Å². The summed E-state index contributed by atoms with van der Waals surface area (Å²) in [4.78, 5) is 13.3. The second-order valence-electron chi connectivity index (χ2n) is 7.29. The molecule has 28 heavy (non-hydrogen) atoms. The van der Waals surface area contributed by atoms with Gasteiger partial charge < -0.3 is 14.8 Å². The first-order valence-corrected chi connectivity index (χ1v) is 10.4. The molecule has 1 aliphatic carbocycles. The van der Waals surface area contributed by atoms with Crippen molar-refractivity contribution in [3.8, 4) is 5.88 Å². The number of hydrogen-bond acceptors (Lipinski definition) is 7. The number of nitrogens with zero attached hydrogens (tertiary/aromatic N) is 3. The van der Waals surface area contributed by atoms with Crippen LogP contribution < -0.4 is 10.1 Å². The standard InChI is InChI=1S/C20H21FN4O2S/c21-15-2-1-3-16-18(15)25-20(28-16)24-13-10-14(11-13)27-19-17(22-6-7-23-19)12-4-8-26-9-5-12/h1-3,6-7,12-14H,4-5,8-11H2,(H,24,25)/t13-,14-. The fourth-order valence-electron chi connectivity index (χ4n) is 3.77. The molecule has 0 atom stereocenters. The van der Waals surface area contributed by atoms with Gasteiger partial charge in [0.15, 0.2) is 5.13 Å². The van der Waals surface area contributed by atoms with E-state index < -0.39 is 0 Å². The van der Waals surface area contributed by atoms with Crippen LogP contribution in [0.1, 0.15) is 37.3 Å². The predicted molar refractivity (Wildman–Crippen MR) is 105 cm³/mol. The van der Waals surface area contributed by atoms with Crippen LogP contribution in [0.15, 0.2) is 30.6 Å². The number of halogens is 1. The zero-order chi connectivity index (χ0) is 18.9. The van der Waals surface area contributed by atoms with Gasteiger partial charge in [-0.2, -0.15) is 0 Å². The number of para-hydroxylation sites is 1. The summed E-state index contributed by atoms with van der Waals surface area (Å²) in [6, 6.07) is 5.32. The van der Waals surface area contributed by atoms with Gasteiger partial charge in [0.2, 0.25) is 5.88 Å². The van der Waals surface area contributed by atoms with E-state index >= 15 is 0 Å². The van der Waals surface area contributed by atoms with Crippen LogP contribution in [0.2, 0.25) is 0 Å². The average Bonchev–Trinajstić information content (AvgIpc) is 3.11. The van der Waals surface area contributed by atoms with E-state index in [-0.39, 0.29) is 18.0 Å². The second-order valence-corrected chi connectivity index (χ2v) is 8.32. The Balaban J connectivity index is 1.20. The molecular formula is C20H21FN4O2S. The smallest absolute Gasteiger partial charge is 0.236 e. The molecule has 0 radical (unpaired) electrons. The van der Waals surface area contributed by atoms with Gasteiger partial charge in [-0.15, -0.1) is 0 Å². The number of nitrogens with one attached hydrogen (secondary N) is 1. The highest BCUT2D eigenvalue weighted by Crippen LogP contribution is 2.35. The lowest BCUT2D eigenvalue weighted by molar-refractivity contribution is 0.0780. The Morgan fingerprint density at radius 1 is 1.14 bits per heavy atom. The van der Waals surface area contributed by atoms with Gasteiger partial charge in [0.05, 0.1) is 4.70 Å². The molecule has 6 nitrogen and oxygen atoms in total. The summed E-state index contributed by atoms with van der Waals surface area (Å²) < 4.78 is 26.3. The van der Waals surface area contributed by atoms with E-state index in [9.17, 15) is 4.39 Å². The van der Waals surface area contributed by atoms with Crippen LogP contribution >= 0.6 is 11.3 Å². The SMILES string of the molecule is Fc1cccc2sc(N[C@H]3C[C@H](Oc4nccnc4C4CCOCC4)C3)nc12. The van der Waals surface area contributed by atoms with E-state index in [0.717, 1.165) is 54.4 Å². The number of rotatable bonds is 5. The third-order valence-corrected chi connectivity index (χ3v) is 6.32. The highest BCUT2D eigenvalue weighted by atomic mass is 32.1.